The lowest BCUT2D eigenvalue weighted by Crippen LogP contribution is -2.46. The van der Waals surface area contributed by atoms with E-state index >= 15 is 0 Å². The van der Waals surface area contributed by atoms with Gasteiger partial charge in [-0.1, -0.05) is 35.3 Å². The average molecular weight is 387 g/mol. The maximum Gasteiger partial charge on any atom is 0.240 e. The van der Waals surface area contributed by atoms with Gasteiger partial charge in [0.1, 0.15) is 17.7 Å². The zero-order chi connectivity index (χ0) is 18.6. The van der Waals surface area contributed by atoms with Crippen molar-refractivity contribution in [2.75, 3.05) is 0 Å². The monoisotopic (exact) mass is 386 g/mol. The van der Waals surface area contributed by atoms with Gasteiger partial charge in [0.25, 0.3) is 0 Å². The molecule has 0 bridgehead atoms. The first kappa shape index (κ1) is 19.1. The van der Waals surface area contributed by atoms with Crippen LogP contribution in [0.4, 0.5) is 8.78 Å². The smallest absolute Gasteiger partial charge is 0.240 e. The topological polar surface area (TPSA) is 72.2 Å². The molecule has 8 heteroatoms. The molecule has 0 aliphatic heterocycles. The second-order valence-corrected chi connectivity index (χ2v) is 6.12. The highest BCUT2D eigenvalue weighted by Crippen LogP contribution is 2.25. The molecule has 1 atom stereocenters. The van der Waals surface area contributed by atoms with Crippen LogP contribution in [0.1, 0.15) is 11.1 Å². The van der Waals surface area contributed by atoms with Crippen molar-refractivity contribution in [1.29, 1.82) is 0 Å². The molecule has 2 aromatic carbocycles. The van der Waals surface area contributed by atoms with Gasteiger partial charge in [-0.3, -0.25) is 9.59 Å². The van der Waals surface area contributed by atoms with Crippen LogP contribution >= 0.6 is 23.2 Å². The van der Waals surface area contributed by atoms with Crippen LogP contribution in [-0.4, -0.2) is 17.9 Å². The van der Waals surface area contributed by atoms with Crippen molar-refractivity contribution in [1.82, 2.24) is 5.32 Å². The fourth-order valence-corrected chi connectivity index (χ4v) is 2.81. The van der Waals surface area contributed by atoms with Gasteiger partial charge in [-0.2, -0.15) is 0 Å². The Kier molecular flexibility index (Phi) is 6.33. The standard InChI is InChI=1S/C17H14Cl2F2N2O2/c18-11-3-1-4-12(19)9(11)7-15(17(22)25)23-16(24)8-10-13(20)5-2-6-14(10)21/h1-6,15H,7-8H2,(H2,22,25)(H,23,24)/t15-/m0/s1. The Morgan fingerprint density at radius 3 is 2.04 bits per heavy atom. The molecule has 2 amide bonds. The Hall–Kier alpha value is -2.18. The van der Waals surface area contributed by atoms with Crippen molar-refractivity contribution in [3.8, 4) is 0 Å². The average Bonchev–Trinajstić information content (AvgIpc) is 2.53. The Bertz CT molecular complexity index is 775. The minimum Gasteiger partial charge on any atom is -0.368 e. The molecule has 0 radical (unpaired) electrons. The molecule has 2 aromatic rings. The zero-order valence-corrected chi connectivity index (χ0v) is 14.4. The summed E-state index contributed by atoms with van der Waals surface area (Å²) in [4.78, 5) is 23.7. The SMILES string of the molecule is NC(=O)[C@H](Cc1c(Cl)cccc1Cl)NC(=O)Cc1c(F)cccc1F. The number of primary amides is 1. The van der Waals surface area contributed by atoms with E-state index in [1.165, 1.54) is 6.07 Å². The lowest BCUT2D eigenvalue weighted by molar-refractivity contribution is -0.127. The van der Waals surface area contributed by atoms with Gasteiger partial charge in [-0.15, -0.1) is 0 Å². The van der Waals surface area contributed by atoms with Crippen molar-refractivity contribution < 1.29 is 18.4 Å². The number of nitrogens with one attached hydrogen (secondary N) is 1. The highest BCUT2D eigenvalue weighted by Gasteiger charge is 2.22. The number of amides is 2. The molecule has 0 fully saturated rings. The molecule has 0 aliphatic rings. The molecule has 0 unspecified atom stereocenters. The second kappa shape index (κ2) is 8.27. The van der Waals surface area contributed by atoms with Gasteiger partial charge < -0.3 is 11.1 Å². The lowest BCUT2D eigenvalue weighted by atomic mass is 10.0. The maximum atomic E-state index is 13.6. The van der Waals surface area contributed by atoms with Crippen LogP contribution < -0.4 is 11.1 Å². The molecular formula is C17H14Cl2F2N2O2. The fourth-order valence-electron chi connectivity index (χ4n) is 2.26. The van der Waals surface area contributed by atoms with Crippen LogP contribution in [0.5, 0.6) is 0 Å². The fraction of sp³-hybridized carbons (Fsp3) is 0.176. The van der Waals surface area contributed by atoms with Gasteiger partial charge in [0.05, 0.1) is 6.42 Å². The number of rotatable bonds is 6. The molecule has 0 aliphatic carbocycles. The Labute approximate surface area is 152 Å². The van der Waals surface area contributed by atoms with E-state index in [1.807, 2.05) is 0 Å². The van der Waals surface area contributed by atoms with Crippen molar-refractivity contribution in [2.24, 2.45) is 5.73 Å². The van der Waals surface area contributed by atoms with Gasteiger partial charge in [-0.25, -0.2) is 8.78 Å². The van der Waals surface area contributed by atoms with Crippen LogP contribution in [0.15, 0.2) is 36.4 Å². The third-order valence-electron chi connectivity index (χ3n) is 3.55. The number of benzene rings is 2. The van der Waals surface area contributed by atoms with Crippen LogP contribution in [0.3, 0.4) is 0 Å². The molecule has 132 valence electrons. The van der Waals surface area contributed by atoms with Crippen LogP contribution in [-0.2, 0) is 22.4 Å². The number of hydrogen-bond acceptors (Lipinski definition) is 2. The van der Waals surface area contributed by atoms with Crippen LogP contribution in [0.25, 0.3) is 0 Å². The Morgan fingerprint density at radius 1 is 1.00 bits per heavy atom. The Morgan fingerprint density at radius 2 is 1.52 bits per heavy atom. The summed E-state index contributed by atoms with van der Waals surface area (Å²) in [5.74, 6) is -3.27. The Balaban J connectivity index is 2.14. The molecule has 0 aromatic heterocycles. The van der Waals surface area contributed by atoms with E-state index in [-0.39, 0.29) is 12.0 Å². The van der Waals surface area contributed by atoms with Crippen molar-refractivity contribution in [3.63, 3.8) is 0 Å². The van der Waals surface area contributed by atoms with Gasteiger partial charge in [0, 0.05) is 22.0 Å². The number of carbonyl (C=O) groups excluding carboxylic acids is 2. The van der Waals surface area contributed by atoms with Gasteiger partial charge in [0.2, 0.25) is 11.8 Å². The molecule has 0 saturated carbocycles. The molecule has 0 heterocycles. The minimum atomic E-state index is -1.13. The van der Waals surface area contributed by atoms with Crippen molar-refractivity contribution in [3.05, 3.63) is 69.2 Å². The molecule has 0 saturated heterocycles. The van der Waals surface area contributed by atoms with E-state index < -0.39 is 35.9 Å². The molecule has 2 rings (SSSR count). The summed E-state index contributed by atoms with van der Waals surface area (Å²) in [6.45, 7) is 0. The minimum absolute atomic E-state index is 0.0423. The van der Waals surface area contributed by atoms with Crippen molar-refractivity contribution in [2.45, 2.75) is 18.9 Å². The molecule has 0 spiro atoms. The van der Waals surface area contributed by atoms with E-state index in [1.54, 1.807) is 18.2 Å². The molecule has 25 heavy (non-hydrogen) atoms. The first-order valence-corrected chi connectivity index (χ1v) is 7.99. The molecular weight excluding hydrogens is 373 g/mol. The summed E-state index contributed by atoms with van der Waals surface area (Å²) >= 11 is 12.1. The maximum absolute atomic E-state index is 13.6. The summed E-state index contributed by atoms with van der Waals surface area (Å²) in [6, 6.07) is 6.95. The largest absolute Gasteiger partial charge is 0.368 e. The number of nitrogens with two attached hydrogens (primary N) is 1. The first-order valence-electron chi connectivity index (χ1n) is 7.24. The van der Waals surface area contributed by atoms with Gasteiger partial charge in [-0.05, 0) is 29.8 Å². The van der Waals surface area contributed by atoms with E-state index in [9.17, 15) is 18.4 Å². The molecule has 4 nitrogen and oxygen atoms in total. The predicted octanol–water partition coefficient (Wildman–Crippen LogP) is 3.03. The number of halogens is 4. The highest BCUT2D eigenvalue weighted by molar-refractivity contribution is 6.36. The third-order valence-corrected chi connectivity index (χ3v) is 4.26. The van der Waals surface area contributed by atoms with Gasteiger partial charge in [0.15, 0.2) is 0 Å². The number of hydrogen-bond donors (Lipinski definition) is 2. The summed E-state index contributed by atoms with van der Waals surface area (Å²) in [5.41, 5.74) is 5.35. The van der Waals surface area contributed by atoms with Crippen molar-refractivity contribution >= 4 is 35.0 Å². The van der Waals surface area contributed by atoms with E-state index in [0.717, 1.165) is 12.1 Å². The van der Waals surface area contributed by atoms with Crippen LogP contribution in [0.2, 0.25) is 10.0 Å². The normalized spacial score (nSPS) is 11.8. The summed E-state index contributed by atoms with van der Waals surface area (Å²) < 4.78 is 27.2. The predicted molar refractivity (Wildman–Crippen MR) is 91.4 cm³/mol. The zero-order valence-electron chi connectivity index (χ0n) is 12.9. The summed E-state index contributed by atoms with van der Waals surface area (Å²) in [7, 11) is 0. The molecule has 3 N–H and O–H groups in total. The van der Waals surface area contributed by atoms with Gasteiger partial charge >= 0.3 is 0 Å². The van der Waals surface area contributed by atoms with Crippen LogP contribution in [0, 0.1) is 11.6 Å². The summed E-state index contributed by atoms with van der Waals surface area (Å²) in [6.07, 6.45) is -0.613. The lowest BCUT2D eigenvalue weighted by Gasteiger charge is -2.17. The van der Waals surface area contributed by atoms with E-state index in [4.69, 9.17) is 28.9 Å². The quantitative estimate of drug-likeness (QED) is 0.800. The second-order valence-electron chi connectivity index (χ2n) is 5.30. The highest BCUT2D eigenvalue weighted by atomic mass is 35.5. The number of carbonyl (C=O) groups is 2. The van der Waals surface area contributed by atoms with E-state index in [2.05, 4.69) is 5.32 Å². The van der Waals surface area contributed by atoms with E-state index in [0.29, 0.717) is 15.6 Å². The first-order chi connectivity index (χ1) is 11.8. The third kappa shape index (κ3) is 4.90. The summed E-state index contributed by atoms with van der Waals surface area (Å²) in [5, 5.41) is 2.98.